The molecule has 6 rings (SSSR count). The zero-order valence-electron chi connectivity index (χ0n) is 20.6. The summed E-state index contributed by atoms with van der Waals surface area (Å²) in [5, 5.41) is 15.0. The first-order chi connectivity index (χ1) is 18.1. The van der Waals surface area contributed by atoms with Crippen LogP contribution in [0.15, 0.2) is 36.7 Å². The molecule has 1 amide bonds. The van der Waals surface area contributed by atoms with Crippen LogP contribution in [0.1, 0.15) is 49.4 Å². The number of piperidine rings is 1. The number of pyridine rings is 1. The molecule has 1 saturated carbocycles. The van der Waals surface area contributed by atoms with E-state index in [-0.39, 0.29) is 16.7 Å². The van der Waals surface area contributed by atoms with Gasteiger partial charge >= 0.3 is 6.18 Å². The number of alkyl halides is 3. The molecule has 196 valence electrons. The van der Waals surface area contributed by atoms with Crippen LogP contribution in [-0.2, 0) is 11.0 Å². The first-order valence-corrected chi connectivity index (χ1v) is 12.9. The first-order valence-electron chi connectivity index (χ1n) is 12.5. The smallest absolute Gasteiger partial charge is 0.306 e. The van der Waals surface area contributed by atoms with Crippen LogP contribution < -0.4 is 9.80 Å². The molecule has 4 heterocycles. The van der Waals surface area contributed by atoms with Gasteiger partial charge in [0.15, 0.2) is 10.8 Å². The largest absolute Gasteiger partial charge is 0.419 e. The summed E-state index contributed by atoms with van der Waals surface area (Å²) in [6.07, 6.45) is 2.21. The van der Waals surface area contributed by atoms with Gasteiger partial charge in [-0.05, 0) is 88.7 Å². The molecule has 0 unspecified atom stereocenters. The molecule has 2 aromatic heterocycles. The average Bonchev–Trinajstić information content (AvgIpc) is 3.39. The summed E-state index contributed by atoms with van der Waals surface area (Å²) in [6, 6.07) is 8.27. The number of benzene rings is 1. The van der Waals surface area contributed by atoms with Crippen molar-refractivity contribution in [3.63, 3.8) is 0 Å². The maximum Gasteiger partial charge on any atom is 0.419 e. The number of nitriles is 1. The third kappa shape index (κ3) is 3.75. The number of carbonyl (C=O) groups is 1. The Labute approximate surface area is 222 Å². The zero-order chi connectivity index (χ0) is 26.8. The van der Waals surface area contributed by atoms with E-state index in [0.717, 1.165) is 60.4 Å². The lowest BCUT2D eigenvalue weighted by atomic mass is 9.75. The van der Waals surface area contributed by atoms with Gasteiger partial charge in [0.2, 0.25) is 0 Å². The van der Waals surface area contributed by atoms with Crippen molar-refractivity contribution in [1.82, 2.24) is 19.7 Å². The maximum absolute atomic E-state index is 13.7. The van der Waals surface area contributed by atoms with E-state index in [4.69, 9.17) is 22.6 Å². The Bertz CT molecular complexity index is 1500. The molecular formula is C26H24F3N7OS. The molecule has 2 aliphatic heterocycles. The van der Waals surface area contributed by atoms with Crippen LogP contribution in [0.3, 0.4) is 0 Å². The highest BCUT2D eigenvalue weighted by Crippen LogP contribution is 2.48. The number of anilines is 2. The number of likely N-dealkylation sites (tertiary alicyclic amines) is 1. The van der Waals surface area contributed by atoms with Gasteiger partial charge in [0.25, 0.3) is 5.91 Å². The van der Waals surface area contributed by atoms with E-state index in [1.807, 2.05) is 29.1 Å². The van der Waals surface area contributed by atoms with Gasteiger partial charge in [-0.25, -0.2) is 4.98 Å². The Hall–Kier alpha value is -3.56. The third-order valence-electron chi connectivity index (χ3n) is 7.96. The lowest BCUT2D eigenvalue weighted by Gasteiger charge is -2.43. The van der Waals surface area contributed by atoms with Gasteiger partial charge in [-0.1, -0.05) is 0 Å². The molecule has 2 saturated heterocycles. The Morgan fingerprint density at radius 3 is 2.53 bits per heavy atom. The second-order valence-electron chi connectivity index (χ2n) is 10.2. The SMILES string of the molecule is CN1CCC(n2cc3ccc(N4C(=S)N(c5cnc(C#N)c(C(F)(F)F)c5)C(=O)C45CCC5)cc3n2)CC1. The van der Waals surface area contributed by atoms with Crippen LogP contribution >= 0.6 is 12.2 Å². The minimum Gasteiger partial charge on any atom is -0.306 e. The highest BCUT2D eigenvalue weighted by molar-refractivity contribution is 7.81. The number of hydrogen-bond donors (Lipinski definition) is 0. The molecule has 1 aromatic carbocycles. The molecule has 0 atom stereocenters. The van der Waals surface area contributed by atoms with Crippen LogP contribution in [0.25, 0.3) is 10.9 Å². The summed E-state index contributed by atoms with van der Waals surface area (Å²) in [5.74, 6) is -0.384. The number of halogens is 3. The number of amides is 1. The molecule has 1 spiro atoms. The Morgan fingerprint density at radius 1 is 1.16 bits per heavy atom. The highest BCUT2D eigenvalue weighted by atomic mass is 32.1. The maximum atomic E-state index is 13.7. The van der Waals surface area contributed by atoms with Crippen molar-refractivity contribution in [3.8, 4) is 6.07 Å². The fourth-order valence-electron chi connectivity index (χ4n) is 5.70. The van der Waals surface area contributed by atoms with E-state index >= 15 is 0 Å². The number of thiocarbonyl (C=S) groups is 1. The summed E-state index contributed by atoms with van der Waals surface area (Å²) in [6.45, 7) is 2.02. The van der Waals surface area contributed by atoms with Crippen molar-refractivity contribution >= 4 is 45.5 Å². The fraction of sp³-hybridized carbons (Fsp3) is 0.423. The number of aromatic nitrogens is 3. The number of hydrogen-bond acceptors (Lipinski definition) is 6. The normalized spacial score (nSPS) is 20.4. The number of rotatable bonds is 3. The van der Waals surface area contributed by atoms with Gasteiger partial charge in [-0.3, -0.25) is 14.4 Å². The molecule has 38 heavy (non-hydrogen) atoms. The summed E-state index contributed by atoms with van der Waals surface area (Å²) < 4.78 is 42.9. The van der Waals surface area contributed by atoms with Crippen molar-refractivity contribution in [1.29, 1.82) is 5.26 Å². The van der Waals surface area contributed by atoms with Crippen LogP contribution in [0, 0.1) is 11.3 Å². The zero-order valence-corrected chi connectivity index (χ0v) is 21.4. The van der Waals surface area contributed by atoms with Gasteiger partial charge in [0.1, 0.15) is 11.6 Å². The van der Waals surface area contributed by atoms with E-state index in [1.54, 1.807) is 4.90 Å². The third-order valence-corrected chi connectivity index (χ3v) is 8.33. The molecule has 3 fully saturated rings. The van der Waals surface area contributed by atoms with Crippen LogP contribution in [0.2, 0.25) is 0 Å². The predicted molar refractivity (Wildman–Crippen MR) is 139 cm³/mol. The van der Waals surface area contributed by atoms with E-state index in [0.29, 0.717) is 24.6 Å². The molecule has 8 nitrogen and oxygen atoms in total. The van der Waals surface area contributed by atoms with E-state index in [1.165, 1.54) is 6.07 Å². The fourth-order valence-corrected chi connectivity index (χ4v) is 6.17. The lowest BCUT2D eigenvalue weighted by Crippen LogP contribution is -2.55. The number of carbonyl (C=O) groups excluding carboxylic acids is 1. The molecule has 1 aliphatic carbocycles. The van der Waals surface area contributed by atoms with Crippen molar-refractivity contribution in [3.05, 3.63) is 47.9 Å². The van der Waals surface area contributed by atoms with Crippen molar-refractivity contribution in [2.24, 2.45) is 0 Å². The van der Waals surface area contributed by atoms with Gasteiger partial charge in [0.05, 0.1) is 29.0 Å². The quantitative estimate of drug-likeness (QED) is 0.448. The van der Waals surface area contributed by atoms with E-state index in [2.05, 4.69) is 16.9 Å². The topological polar surface area (TPSA) is 81.3 Å². The van der Waals surface area contributed by atoms with E-state index in [9.17, 15) is 18.0 Å². The Balaban J connectivity index is 1.37. The predicted octanol–water partition coefficient (Wildman–Crippen LogP) is 4.65. The standard InChI is InChI=1S/C26H24F3N7OS/c1-33-9-5-17(6-10-33)34-15-16-3-4-18(12-21(16)32-34)36-24(38)35(23(37)25(36)7-2-8-25)19-11-20(26(27,28)29)22(13-30)31-14-19/h3-4,11-12,14-15,17H,2,5-10H2,1H3. The van der Waals surface area contributed by atoms with E-state index < -0.39 is 23.0 Å². The molecule has 3 aliphatic rings. The minimum atomic E-state index is -4.80. The van der Waals surface area contributed by atoms with Crippen LogP contribution in [0.5, 0.6) is 0 Å². The molecule has 0 bridgehead atoms. The van der Waals surface area contributed by atoms with Crippen LogP contribution in [0.4, 0.5) is 24.5 Å². The molecule has 0 N–H and O–H groups in total. The van der Waals surface area contributed by atoms with Crippen LogP contribution in [-0.4, -0.2) is 56.4 Å². The second kappa shape index (κ2) is 8.74. The Morgan fingerprint density at radius 2 is 1.89 bits per heavy atom. The molecule has 0 radical (unpaired) electrons. The monoisotopic (exact) mass is 539 g/mol. The second-order valence-corrected chi connectivity index (χ2v) is 10.6. The summed E-state index contributed by atoms with van der Waals surface area (Å²) in [4.78, 5) is 22.6. The lowest BCUT2D eigenvalue weighted by molar-refractivity contribution is -0.138. The van der Waals surface area contributed by atoms with Crippen molar-refractivity contribution in [2.75, 3.05) is 29.9 Å². The van der Waals surface area contributed by atoms with Gasteiger partial charge in [-0.2, -0.15) is 23.5 Å². The van der Waals surface area contributed by atoms with Crippen molar-refractivity contribution < 1.29 is 18.0 Å². The number of nitrogens with zero attached hydrogens (tertiary/aromatic N) is 7. The average molecular weight is 540 g/mol. The van der Waals surface area contributed by atoms with Gasteiger partial charge in [0, 0.05) is 17.3 Å². The molecule has 3 aromatic rings. The molecule has 12 heteroatoms. The number of fused-ring (bicyclic) bond motifs is 1. The highest BCUT2D eigenvalue weighted by Gasteiger charge is 2.59. The summed E-state index contributed by atoms with van der Waals surface area (Å²) in [7, 11) is 2.11. The first kappa shape index (κ1) is 24.8. The summed E-state index contributed by atoms with van der Waals surface area (Å²) in [5.41, 5.74) is -1.58. The summed E-state index contributed by atoms with van der Waals surface area (Å²) >= 11 is 5.72. The van der Waals surface area contributed by atoms with Gasteiger partial charge < -0.3 is 9.80 Å². The van der Waals surface area contributed by atoms with Crippen molar-refractivity contribution in [2.45, 2.75) is 49.9 Å². The van der Waals surface area contributed by atoms with Gasteiger partial charge in [-0.15, -0.1) is 0 Å². The molecular weight excluding hydrogens is 515 g/mol. The minimum absolute atomic E-state index is 0.0865. The Kier molecular flexibility index (Phi) is 5.70.